The Kier molecular flexibility index (Phi) is 4.23. The molecule has 0 spiro atoms. The van der Waals surface area contributed by atoms with Crippen molar-refractivity contribution in [1.29, 1.82) is 0 Å². The smallest absolute Gasteiger partial charge is 0.303 e. The van der Waals surface area contributed by atoms with E-state index in [0.717, 1.165) is 0 Å². The van der Waals surface area contributed by atoms with E-state index in [0.29, 0.717) is 5.56 Å². The number of carboxylic acids is 1. The highest BCUT2D eigenvalue weighted by Gasteiger charge is 2.11. The summed E-state index contributed by atoms with van der Waals surface area (Å²) in [6.07, 6.45) is -0.873. The first-order chi connectivity index (χ1) is 7.00. The summed E-state index contributed by atoms with van der Waals surface area (Å²) in [5.74, 6) is -1.38. The Hall–Kier alpha value is -0.940. The van der Waals surface area contributed by atoms with E-state index in [9.17, 15) is 14.3 Å². The van der Waals surface area contributed by atoms with Crippen LogP contribution in [-0.4, -0.2) is 16.2 Å². The van der Waals surface area contributed by atoms with E-state index >= 15 is 0 Å². The summed E-state index contributed by atoms with van der Waals surface area (Å²) in [5.41, 5.74) is 0.504. The molecule has 0 radical (unpaired) electrons. The average Bonchev–Trinajstić information content (AvgIpc) is 2.18. The van der Waals surface area contributed by atoms with Gasteiger partial charge >= 0.3 is 5.97 Å². The van der Waals surface area contributed by atoms with E-state index in [4.69, 9.17) is 5.11 Å². The molecule has 0 amide bonds. The fourth-order valence-electron chi connectivity index (χ4n) is 1.15. The zero-order chi connectivity index (χ0) is 11.4. The van der Waals surface area contributed by atoms with Crippen LogP contribution in [0.15, 0.2) is 22.7 Å². The van der Waals surface area contributed by atoms with Gasteiger partial charge in [0.15, 0.2) is 0 Å². The molecule has 0 aromatic heterocycles. The highest BCUT2D eigenvalue weighted by molar-refractivity contribution is 9.10. The standard InChI is InChI=1S/C10H10BrFO3/c11-7-5-6(1-2-8(7)12)9(13)3-4-10(14)15/h1-2,5,9,13H,3-4H2,(H,14,15). The van der Waals surface area contributed by atoms with E-state index in [2.05, 4.69) is 15.9 Å². The van der Waals surface area contributed by atoms with Crippen LogP contribution in [0.2, 0.25) is 0 Å². The summed E-state index contributed by atoms with van der Waals surface area (Å²) < 4.78 is 13.1. The molecule has 0 bridgehead atoms. The number of aliphatic carboxylic acids is 1. The normalized spacial score (nSPS) is 12.5. The van der Waals surface area contributed by atoms with E-state index in [1.807, 2.05) is 0 Å². The molecule has 82 valence electrons. The van der Waals surface area contributed by atoms with Crippen molar-refractivity contribution >= 4 is 21.9 Å². The first-order valence-electron chi connectivity index (χ1n) is 4.35. The quantitative estimate of drug-likeness (QED) is 0.888. The second-order valence-electron chi connectivity index (χ2n) is 3.12. The first-order valence-corrected chi connectivity index (χ1v) is 5.15. The highest BCUT2D eigenvalue weighted by Crippen LogP contribution is 2.23. The molecular weight excluding hydrogens is 267 g/mol. The third-order valence-electron chi connectivity index (χ3n) is 1.96. The van der Waals surface area contributed by atoms with Crippen LogP contribution in [0, 0.1) is 5.82 Å². The minimum absolute atomic E-state index is 0.115. The summed E-state index contributed by atoms with van der Waals surface area (Å²) >= 11 is 2.99. The predicted octanol–water partition coefficient (Wildman–Crippen LogP) is 2.49. The van der Waals surface area contributed by atoms with Crippen molar-refractivity contribution in [1.82, 2.24) is 0 Å². The minimum atomic E-state index is -0.963. The third kappa shape index (κ3) is 3.60. The van der Waals surface area contributed by atoms with Gasteiger partial charge in [-0.15, -0.1) is 0 Å². The van der Waals surface area contributed by atoms with Crippen LogP contribution in [0.4, 0.5) is 4.39 Å². The zero-order valence-corrected chi connectivity index (χ0v) is 9.37. The number of halogens is 2. The average molecular weight is 277 g/mol. The van der Waals surface area contributed by atoms with Crippen molar-refractivity contribution in [3.63, 3.8) is 0 Å². The second-order valence-corrected chi connectivity index (χ2v) is 3.98. The molecule has 1 atom stereocenters. The van der Waals surface area contributed by atoms with Crippen molar-refractivity contribution < 1.29 is 19.4 Å². The van der Waals surface area contributed by atoms with Gasteiger partial charge in [-0.1, -0.05) is 6.07 Å². The first kappa shape index (κ1) is 12.1. The summed E-state index contributed by atoms with van der Waals surface area (Å²) in [4.78, 5) is 10.3. The molecule has 5 heteroatoms. The van der Waals surface area contributed by atoms with Crippen LogP contribution in [-0.2, 0) is 4.79 Å². The molecule has 2 N–H and O–H groups in total. The molecule has 1 aromatic rings. The lowest BCUT2D eigenvalue weighted by molar-refractivity contribution is -0.137. The predicted molar refractivity (Wildman–Crippen MR) is 55.9 cm³/mol. The maximum atomic E-state index is 12.9. The van der Waals surface area contributed by atoms with Crippen molar-refractivity contribution in [2.45, 2.75) is 18.9 Å². The molecule has 0 saturated carbocycles. The SMILES string of the molecule is O=C(O)CCC(O)c1ccc(F)c(Br)c1. The van der Waals surface area contributed by atoms with Gasteiger partial charge in [-0.25, -0.2) is 4.39 Å². The third-order valence-corrected chi connectivity index (χ3v) is 2.57. The number of aliphatic hydroxyl groups excluding tert-OH is 1. The fourth-order valence-corrected chi connectivity index (χ4v) is 1.54. The molecule has 1 aromatic carbocycles. The maximum absolute atomic E-state index is 12.9. The topological polar surface area (TPSA) is 57.5 Å². The summed E-state index contributed by atoms with van der Waals surface area (Å²) in [6.45, 7) is 0. The Morgan fingerprint density at radius 2 is 2.20 bits per heavy atom. The Bertz CT molecular complexity index is 368. The number of carbonyl (C=O) groups is 1. The van der Waals surface area contributed by atoms with Crippen LogP contribution in [0.25, 0.3) is 0 Å². The van der Waals surface area contributed by atoms with Crippen molar-refractivity contribution in [3.05, 3.63) is 34.1 Å². The van der Waals surface area contributed by atoms with Gasteiger partial charge in [0.05, 0.1) is 10.6 Å². The zero-order valence-electron chi connectivity index (χ0n) is 7.78. The number of rotatable bonds is 4. The Balaban J connectivity index is 2.69. The van der Waals surface area contributed by atoms with Gasteiger partial charge in [0.1, 0.15) is 5.82 Å². The Morgan fingerprint density at radius 1 is 1.53 bits per heavy atom. The molecular formula is C10H10BrFO3. The number of hydrogen-bond acceptors (Lipinski definition) is 2. The molecule has 0 saturated heterocycles. The van der Waals surface area contributed by atoms with Gasteiger partial charge < -0.3 is 10.2 Å². The van der Waals surface area contributed by atoms with E-state index in [1.54, 1.807) is 0 Å². The highest BCUT2D eigenvalue weighted by atomic mass is 79.9. The van der Waals surface area contributed by atoms with Gasteiger partial charge in [0.2, 0.25) is 0 Å². The lowest BCUT2D eigenvalue weighted by Crippen LogP contribution is -2.02. The lowest BCUT2D eigenvalue weighted by Gasteiger charge is -2.09. The summed E-state index contributed by atoms with van der Waals surface area (Å²) in [7, 11) is 0. The summed E-state index contributed by atoms with van der Waals surface area (Å²) in [6, 6.07) is 4.11. The second kappa shape index (κ2) is 5.23. The molecule has 0 fully saturated rings. The monoisotopic (exact) mass is 276 g/mol. The van der Waals surface area contributed by atoms with Crippen LogP contribution < -0.4 is 0 Å². The minimum Gasteiger partial charge on any atom is -0.481 e. The molecule has 3 nitrogen and oxygen atoms in total. The van der Waals surface area contributed by atoms with Crippen LogP contribution >= 0.6 is 15.9 Å². The van der Waals surface area contributed by atoms with E-state index < -0.39 is 17.9 Å². The maximum Gasteiger partial charge on any atom is 0.303 e. The number of aliphatic hydroxyl groups is 1. The largest absolute Gasteiger partial charge is 0.481 e. The van der Waals surface area contributed by atoms with Crippen molar-refractivity contribution in [2.24, 2.45) is 0 Å². The number of carboxylic acid groups (broad SMARTS) is 1. The van der Waals surface area contributed by atoms with E-state index in [1.165, 1.54) is 18.2 Å². The van der Waals surface area contributed by atoms with Gasteiger partial charge in [-0.05, 0) is 40.0 Å². The number of hydrogen-bond donors (Lipinski definition) is 2. The molecule has 0 heterocycles. The van der Waals surface area contributed by atoms with Crippen molar-refractivity contribution in [3.8, 4) is 0 Å². The molecule has 1 unspecified atom stereocenters. The Labute approximate surface area is 94.7 Å². The van der Waals surface area contributed by atoms with Gasteiger partial charge in [0, 0.05) is 6.42 Å². The Morgan fingerprint density at radius 3 is 2.73 bits per heavy atom. The lowest BCUT2D eigenvalue weighted by atomic mass is 10.1. The number of benzene rings is 1. The van der Waals surface area contributed by atoms with Gasteiger partial charge in [0.25, 0.3) is 0 Å². The van der Waals surface area contributed by atoms with Crippen LogP contribution in [0.1, 0.15) is 24.5 Å². The van der Waals surface area contributed by atoms with Crippen LogP contribution in [0.5, 0.6) is 0 Å². The van der Waals surface area contributed by atoms with Gasteiger partial charge in [-0.2, -0.15) is 0 Å². The molecule has 0 aliphatic heterocycles. The van der Waals surface area contributed by atoms with Crippen molar-refractivity contribution in [2.75, 3.05) is 0 Å². The van der Waals surface area contributed by atoms with E-state index in [-0.39, 0.29) is 17.3 Å². The molecule has 1 rings (SSSR count). The summed E-state index contributed by atoms with van der Waals surface area (Å²) in [5, 5.41) is 18.0. The van der Waals surface area contributed by atoms with Gasteiger partial charge in [-0.3, -0.25) is 4.79 Å². The molecule has 0 aliphatic carbocycles. The molecule has 15 heavy (non-hydrogen) atoms. The molecule has 0 aliphatic rings. The van der Waals surface area contributed by atoms with Crippen LogP contribution in [0.3, 0.4) is 0 Å². The fraction of sp³-hybridized carbons (Fsp3) is 0.300.